The average molecular weight is 283 g/mol. The van der Waals surface area contributed by atoms with Crippen LogP contribution in [0.25, 0.3) is 0 Å². The van der Waals surface area contributed by atoms with Crippen LogP contribution in [-0.4, -0.2) is 65.0 Å². The summed E-state index contributed by atoms with van der Waals surface area (Å²) >= 11 is 0. The minimum Gasteiger partial charge on any atom is -0.481 e. The third-order valence-corrected chi connectivity index (χ3v) is 4.24. The first-order chi connectivity index (χ1) is 9.32. The number of carboxylic acid groups (broad SMARTS) is 1. The van der Waals surface area contributed by atoms with Gasteiger partial charge in [-0.15, -0.1) is 0 Å². The van der Waals surface area contributed by atoms with Crippen LogP contribution in [0.1, 0.15) is 26.2 Å². The van der Waals surface area contributed by atoms with E-state index in [1.807, 2.05) is 0 Å². The number of fused-ring (bicyclic) bond motifs is 2. The van der Waals surface area contributed by atoms with Gasteiger partial charge in [0.2, 0.25) is 5.91 Å². The average Bonchev–Trinajstić information content (AvgIpc) is 2.94. The second-order valence-corrected chi connectivity index (χ2v) is 5.79. The zero-order valence-electron chi connectivity index (χ0n) is 12.0. The number of carbonyl (C=O) groups is 3. The van der Waals surface area contributed by atoms with Gasteiger partial charge >= 0.3 is 12.0 Å². The largest absolute Gasteiger partial charge is 0.481 e. The molecule has 2 aliphatic heterocycles. The maximum Gasteiger partial charge on any atom is 0.318 e. The fourth-order valence-electron chi connectivity index (χ4n) is 3.28. The predicted octanol–water partition coefficient (Wildman–Crippen LogP) is 0.110. The molecule has 7 heteroatoms. The molecule has 0 spiro atoms. The van der Waals surface area contributed by atoms with Crippen molar-refractivity contribution in [1.82, 2.24) is 15.1 Å². The van der Waals surface area contributed by atoms with E-state index < -0.39 is 17.9 Å². The van der Waals surface area contributed by atoms with Crippen molar-refractivity contribution in [3.05, 3.63) is 0 Å². The maximum absolute atomic E-state index is 12.3. The Morgan fingerprint density at radius 1 is 1.30 bits per heavy atom. The molecule has 0 aromatic rings. The van der Waals surface area contributed by atoms with Crippen molar-refractivity contribution >= 4 is 17.9 Å². The molecule has 20 heavy (non-hydrogen) atoms. The Labute approximate surface area is 117 Å². The summed E-state index contributed by atoms with van der Waals surface area (Å²) in [5.74, 6) is -1.49. The summed E-state index contributed by atoms with van der Waals surface area (Å²) in [6, 6.07) is -1.19. The van der Waals surface area contributed by atoms with Crippen molar-refractivity contribution in [3.63, 3.8) is 0 Å². The Balaban J connectivity index is 2.01. The second-order valence-electron chi connectivity index (χ2n) is 5.79. The van der Waals surface area contributed by atoms with E-state index in [1.54, 1.807) is 25.9 Å². The summed E-state index contributed by atoms with van der Waals surface area (Å²) in [7, 11) is 3.26. The quantitative estimate of drug-likeness (QED) is 0.769. The predicted molar refractivity (Wildman–Crippen MR) is 71.1 cm³/mol. The van der Waals surface area contributed by atoms with E-state index in [2.05, 4.69) is 5.32 Å². The molecule has 2 bridgehead atoms. The van der Waals surface area contributed by atoms with Gasteiger partial charge in [-0.25, -0.2) is 4.79 Å². The van der Waals surface area contributed by atoms with Crippen molar-refractivity contribution in [2.45, 2.75) is 44.3 Å². The van der Waals surface area contributed by atoms with Crippen LogP contribution in [0.5, 0.6) is 0 Å². The van der Waals surface area contributed by atoms with Gasteiger partial charge in [-0.2, -0.15) is 0 Å². The number of rotatable bonds is 3. The van der Waals surface area contributed by atoms with Gasteiger partial charge in [0.05, 0.1) is 5.92 Å². The van der Waals surface area contributed by atoms with Crippen LogP contribution in [0.15, 0.2) is 0 Å². The molecule has 2 aliphatic rings. The third kappa shape index (κ3) is 2.44. The van der Waals surface area contributed by atoms with Gasteiger partial charge in [0.25, 0.3) is 0 Å². The maximum atomic E-state index is 12.3. The van der Waals surface area contributed by atoms with E-state index in [0.717, 1.165) is 12.8 Å². The lowest BCUT2D eigenvalue weighted by Crippen LogP contribution is -2.51. The number of carbonyl (C=O) groups excluding carboxylic acids is 2. The molecular formula is C13H21N3O4. The number of carboxylic acids is 1. The van der Waals surface area contributed by atoms with Gasteiger partial charge in [-0.05, 0) is 26.2 Å². The highest BCUT2D eigenvalue weighted by Crippen LogP contribution is 2.41. The number of hydrogen-bond donors (Lipinski definition) is 2. The van der Waals surface area contributed by atoms with Crippen LogP contribution in [0.3, 0.4) is 0 Å². The monoisotopic (exact) mass is 283 g/mol. The van der Waals surface area contributed by atoms with Crippen molar-refractivity contribution < 1.29 is 19.5 Å². The Hall–Kier alpha value is -1.79. The van der Waals surface area contributed by atoms with Crippen LogP contribution in [0.4, 0.5) is 4.79 Å². The number of nitrogens with one attached hydrogen (secondary N) is 1. The Kier molecular flexibility index (Phi) is 3.87. The molecule has 0 saturated carbocycles. The topological polar surface area (TPSA) is 90.0 Å². The zero-order valence-corrected chi connectivity index (χ0v) is 12.0. The number of aliphatic carboxylic acids is 1. The Bertz CT molecular complexity index is 437. The fraction of sp³-hybridized carbons (Fsp3) is 0.769. The first-order valence-electron chi connectivity index (χ1n) is 6.85. The molecule has 0 aromatic heterocycles. The number of nitrogens with zero attached hydrogens (tertiary/aromatic N) is 2. The van der Waals surface area contributed by atoms with E-state index in [4.69, 9.17) is 5.11 Å². The molecule has 4 atom stereocenters. The molecule has 3 amide bonds. The molecule has 2 rings (SSSR count). The second kappa shape index (κ2) is 5.30. The van der Waals surface area contributed by atoms with Crippen molar-refractivity contribution in [2.24, 2.45) is 5.92 Å². The first-order valence-corrected chi connectivity index (χ1v) is 6.85. The van der Waals surface area contributed by atoms with Gasteiger partial charge < -0.3 is 20.2 Å². The number of amides is 3. The van der Waals surface area contributed by atoms with E-state index in [1.165, 1.54) is 4.90 Å². The summed E-state index contributed by atoms with van der Waals surface area (Å²) < 4.78 is 0. The number of hydrogen-bond acceptors (Lipinski definition) is 3. The molecule has 2 heterocycles. The molecule has 4 unspecified atom stereocenters. The third-order valence-electron chi connectivity index (χ3n) is 4.24. The lowest BCUT2D eigenvalue weighted by Gasteiger charge is -2.26. The van der Waals surface area contributed by atoms with Crippen LogP contribution >= 0.6 is 0 Å². The smallest absolute Gasteiger partial charge is 0.318 e. The Morgan fingerprint density at radius 2 is 1.95 bits per heavy atom. The van der Waals surface area contributed by atoms with Gasteiger partial charge in [-0.3, -0.25) is 9.59 Å². The fourth-order valence-corrected chi connectivity index (χ4v) is 3.28. The van der Waals surface area contributed by atoms with Gasteiger partial charge in [0, 0.05) is 26.2 Å². The molecule has 0 aromatic carbocycles. The molecule has 7 nitrogen and oxygen atoms in total. The van der Waals surface area contributed by atoms with E-state index in [9.17, 15) is 14.4 Å². The van der Waals surface area contributed by atoms with Crippen LogP contribution in [0.2, 0.25) is 0 Å². The number of likely N-dealkylation sites (N-methyl/N-ethyl adjacent to an activating group) is 1. The van der Waals surface area contributed by atoms with Crippen LogP contribution in [0, 0.1) is 5.92 Å². The summed E-state index contributed by atoms with van der Waals surface area (Å²) in [4.78, 5) is 38.2. The summed E-state index contributed by atoms with van der Waals surface area (Å²) in [5, 5.41) is 11.8. The highest BCUT2D eigenvalue weighted by molar-refractivity contribution is 5.87. The minimum absolute atomic E-state index is 0.0113. The number of urea groups is 1. The summed E-state index contributed by atoms with van der Waals surface area (Å²) in [6.07, 6.45) is 2.09. The van der Waals surface area contributed by atoms with Gasteiger partial charge in [-0.1, -0.05) is 0 Å². The molecule has 2 saturated heterocycles. The minimum atomic E-state index is -0.840. The van der Waals surface area contributed by atoms with Gasteiger partial charge in [0.15, 0.2) is 0 Å². The van der Waals surface area contributed by atoms with Crippen molar-refractivity contribution in [1.29, 1.82) is 0 Å². The lowest BCUT2D eigenvalue weighted by molar-refractivity contribution is -0.142. The van der Waals surface area contributed by atoms with E-state index in [0.29, 0.717) is 6.42 Å². The van der Waals surface area contributed by atoms with E-state index >= 15 is 0 Å². The van der Waals surface area contributed by atoms with Crippen LogP contribution < -0.4 is 5.32 Å². The Morgan fingerprint density at radius 3 is 2.45 bits per heavy atom. The van der Waals surface area contributed by atoms with Gasteiger partial charge in [0.1, 0.15) is 6.04 Å². The van der Waals surface area contributed by atoms with Crippen molar-refractivity contribution in [3.8, 4) is 0 Å². The van der Waals surface area contributed by atoms with Crippen molar-refractivity contribution in [2.75, 3.05) is 14.1 Å². The SMILES string of the molecule is CC(NC(=O)N1C2CCC1C(C(=O)O)C2)C(=O)N(C)C. The summed E-state index contributed by atoms with van der Waals surface area (Å²) in [5.41, 5.74) is 0. The van der Waals surface area contributed by atoms with Crippen LogP contribution in [-0.2, 0) is 9.59 Å². The molecular weight excluding hydrogens is 262 g/mol. The normalized spacial score (nSPS) is 29.1. The molecule has 2 fully saturated rings. The lowest BCUT2D eigenvalue weighted by atomic mass is 9.89. The molecule has 112 valence electrons. The highest BCUT2D eigenvalue weighted by atomic mass is 16.4. The first kappa shape index (κ1) is 14.6. The summed E-state index contributed by atoms with van der Waals surface area (Å²) in [6.45, 7) is 1.63. The zero-order chi connectivity index (χ0) is 15.0. The molecule has 2 N–H and O–H groups in total. The van der Waals surface area contributed by atoms with E-state index in [-0.39, 0.29) is 24.0 Å². The molecule has 0 radical (unpaired) electrons. The standard InChI is InChI=1S/C13H21N3O4/c1-7(11(17)15(2)3)14-13(20)16-8-4-5-10(16)9(6-8)12(18)19/h7-10H,4-6H2,1-3H3,(H,14,20)(H,18,19). The molecule has 0 aliphatic carbocycles. The highest BCUT2D eigenvalue weighted by Gasteiger charge is 2.51.